The molecule has 46 heavy (non-hydrogen) atoms. The SMILES string of the molecule is COc1ccc(CCN(C)CCCC(CNC(=O)C2=C(C)C(C)(C)N(O)C2(C)C)(c2ccc(OC)c(OC)c2)C(C)C)cc1OC. The van der Waals surface area contributed by atoms with E-state index in [1.54, 1.807) is 28.4 Å². The predicted molar refractivity (Wildman–Crippen MR) is 184 cm³/mol. The van der Waals surface area contributed by atoms with E-state index in [4.69, 9.17) is 18.9 Å². The van der Waals surface area contributed by atoms with Crippen LogP contribution < -0.4 is 24.3 Å². The van der Waals surface area contributed by atoms with E-state index in [2.05, 4.69) is 43.2 Å². The third-order valence-electron chi connectivity index (χ3n) is 10.2. The highest BCUT2D eigenvalue weighted by Crippen LogP contribution is 2.44. The number of nitrogens with zero attached hydrogens (tertiary/aromatic N) is 2. The molecule has 1 aliphatic rings. The number of hydrogen-bond donors (Lipinski definition) is 2. The fourth-order valence-corrected chi connectivity index (χ4v) is 6.94. The van der Waals surface area contributed by atoms with E-state index >= 15 is 0 Å². The number of rotatable bonds is 16. The summed E-state index contributed by atoms with van der Waals surface area (Å²) in [5.41, 5.74) is 1.92. The van der Waals surface area contributed by atoms with Crippen molar-refractivity contribution in [3.05, 3.63) is 58.7 Å². The lowest BCUT2D eigenvalue weighted by atomic mass is 9.68. The van der Waals surface area contributed by atoms with Crippen molar-refractivity contribution in [2.75, 3.05) is 55.1 Å². The van der Waals surface area contributed by atoms with Gasteiger partial charge in [-0.1, -0.05) is 26.0 Å². The van der Waals surface area contributed by atoms with Gasteiger partial charge in [-0.2, -0.15) is 5.06 Å². The third-order valence-corrected chi connectivity index (χ3v) is 10.2. The molecule has 0 bridgehead atoms. The van der Waals surface area contributed by atoms with Gasteiger partial charge in [-0.25, -0.2) is 0 Å². The molecule has 9 nitrogen and oxygen atoms in total. The second kappa shape index (κ2) is 15.1. The van der Waals surface area contributed by atoms with Crippen LogP contribution in [-0.4, -0.2) is 87.3 Å². The van der Waals surface area contributed by atoms with Crippen molar-refractivity contribution in [1.82, 2.24) is 15.3 Å². The largest absolute Gasteiger partial charge is 0.493 e. The standard InChI is InChI=1S/C37H57N3O6/c1-25(2)37(28-15-17-30(44-10)32(23-28)46-12,24-38-34(41)33-26(3)35(4,5)40(42)36(33,6)7)19-13-20-39(8)21-18-27-14-16-29(43-9)31(22-27)45-11/h14-17,22-23,25,42H,13,18-21,24H2,1-12H3,(H,38,41). The topological polar surface area (TPSA) is 92.7 Å². The van der Waals surface area contributed by atoms with Crippen molar-refractivity contribution in [1.29, 1.82) is 0 Å². The molecule has 1 aliphatic heterocycles. The average molecular weight is 640 g/mol. The molecule has 0 aromatic heterocycles. The molecule has 0 fully saturated rings. The first-order valence-corrected chi connectivity index (χ1v) is 16.2. The van der Waals surface area contributed by atoms with Crippen molar-refractivity contribution in [3.8, 4) is 23.0 Å². The Hall–Kier alpha value is -3.27. The van der Waals surface area contributed by atoms with Crippen LogP contribution >= 0.6 is 0 Å². The molecule has 2 aromatic carbocycles. The Bertz CT molecular complexity index is 1390. The second-order valence-electron chi connectivity index (χ2n) is 13.8. The number of carbonyl (C=O) groups is 1. The highest BCUT2D eigenvalue weighted by Gasteiger charge is 2.51. The molecule has 0 spiro atoms. The fourth-order valence-electron chi connectivity index (χ4n) is 6.94. The maximum absolute atomic E-state index is 13.9. The van der Waals surface area contributed by atoms with Crippen LogP contribution in [0.5, 0.6) is 23.0 Å². The minimum absolute atomic E-state index is 0.148. The number of likely N-dealkylation sites (N-methyl/N-ethyl adjacent to an activating group) is 1. The Morgan fingerprint density at radius 2 is 1.46 bits per heavy atom. The van der Waals surface area contributed by atoms with Gasteiger partial charge >= 0.3 is 0 Å². The van der Waals surface area contributed by atoms with Gasteiger partial charge in [-0.15, -0.1) is 0 Å². The summed E-state index contributed by atoms with van der Waals surface area (Å²) in [5.74, 6) is 2.85. The molecule has 2 N–H and O–H groups in total. The highest BCUT2D eigenvalue weighted by molar-refractivity contribution is 5.97. The summed E-state index contributed by atoms with van der Waals surface area (Å²) in [6, 6.07) is 12.2. The minimum atomic E-state index is -0.821. The lowest BCUT2D eigenvalue weighted by Crippen LogP contribution is -2.51. The molecule has 9 heteroatoms. The molecule has 0 saturated heterocycles. The molecule has 0 aliphatic carbocycles. The minimum Gasteiger partial charge on any atom is -0.493 e. The smallest absolute Gasteiger partial charge is 0.249 e. The molecule has 3 rings (SSSR count). The molecule has 2 aromatic rings. The van der Waals surface area contributed by atoms with E-state index in [9.17, 15) is 10.0 Å². The zero-order valence-corrected chi connectivity index (χ0v) is 30.2. The Balaban J connectivity index is 1.84. The van der Waals surface area contributed by atoms with Gasteiger partial charge in [-0.05, 0) is 114 Å². The maximum Gasteiger partial charge on any atom is 0.249 e. The maximum atomic E-state index is 13.9. The predicted octanol–water partition coefficient (Wildman–Crippen LogP) is 6.26. The summed E-state index contributed by atoms with van der Waals surface area (Å²) < 4.78 is 22.1. The van der Waals surface area contributed by atoms with E-state index in [1.807, 2.05) is 58.9 Å². The number of amides is 1. The van der Waals surface area contributed by atoms with E-state index in [0.29, 0.717) is 23.6 Å². The lowest BCUT2D eigenvalue weighted by molar-refractivity contribution is -0.187. The van der Waals surface area contributed by atoms with Gasteiger partial charge < -0.3 is 34.4 Å². The molecule has 0 saturated carbocycles. The van der Waals surface area contributed by atoms with Crippen molar-refractivity contribution in [2.24, 2.45) is 5.92 Å². The van der Waals surface area contributed by atoms with Gasteiger partial charge in [0.2, 0.25) is 5.91 Å². The molecule has 0 radical (unpaired) electrons. The Labute approximate surface area is 276 Å². The molecule has 256 valence electrons. The van der Waals surface area contributed by atoms with Gasteiger partial charge in [0.1, 0.15) is 0 Å². The van der Waals surface area contributed by atoms with Crippen LogP contribution in [0.2, 0.25) is 0 Å². The van der Waals surface area contributed by atoms with Gasteiger partial charge in [0.15, 0.2) is 23.0 Å². The number of hydroxylamine groups is 2. The number of ether oxygens (including phenoxy) is 4. The summed E-state index contributed by atoms with van der Waals surface area (Å²) in [7, 11) is 8.73. The first-order chi connectivity index (χ1) is 21.6. The van der Waals surface area contributed by atoms with Crippen molar-refractivity contribution in [3.63, 3.8) is 0 Å². The van der Waals surface area contributed by atoms with E-state index in [-0.39, 0.29) is 17.2 Å². The second-order valence-corrected chi connectivity index (χ2v) is 13.8. The number of hydrogen-bond acceptors (Lipinski definition) is 8. The van der Waals surface area contributed by atoms with Crippen LogP contribution in [0.4, 0.5) is 0 Å². The summed E-state index contributed by atoms with van der Waals surface area (Å²) in [6.45, 7) is 16.3. The summed E-state index contributed by atoms with van der Waals surface area (Å²) in [4.78, 5) is 16.3. The van der Waals surface area contributed by atoms with Crippen molar-refractivity contribution < 1.29 is 28.9 Å². The zero-order chi connectivity index (χ0) is 34.4. The fraction of sp³-hybridized carbons (Fsp3) is 0.595. The zero-order valence-electron chi connectivity index (χ0n) is 30.2. The van der Waals surface area contributed by atoms with Gasteiger partial charge in [0.05, 0.1) is 39.5 Å². The first-order valence-electron chi connectivity index (χ1n) is 16.2. The monoisotopic (exact) mass is 639 g/mol. The van der Waals surface area contributed by atoms with Gasteiger partial charge in [0.25, 0.3) is 0 Å². The molecule has 1 atom stereocenters. The molecular formula is C37H57N3O6. The summed E-state index contributed by atoms with van der Waals surface area (Å²) in [6.07, 6.45) is 2.66. The van der Waals surface area contributed by atoms with Crippen LogP contribution in [0, 0.1) is 5.92 Å². The summed E-state index contributed by atoms with van der Waals surface area (Å²) >= 11 is 0. The number of methoxy groups -OCH3 is 4. The van der Waals surface area contributed by atoms with E-state index < -0.39 is 11.1 Å². The van der Waals surface area contributed by atoms with Crippen LogP contribution in [0.1, 0.15) is 72.4 Å². The number of nitrogens with one attached hydrogen (secondary N) is 1. The Morgan fingerprint density at radius 1 is 0.891 bits per heavy atom. The average Bonchev–Trinajstić information content (AvgIpc) is 3.15. The van der Waals surface area contributed by atoms with E-state index in [0.717, 1.165) is 55.0 Å². The van der Waals surface area contributed by atoms with Crippen molar-refractivity contribution >= 4 is 5.91 Å². The molecule has 1 heterocycles. The number of carbonyl (C=O) groups excluding carboxylic acids is 1. The van der Waals surface area contributed by atoms with Crippen LogP contribution in [0.15, 0.2) is 47.5 Å². The molecule has 1 unspecified atom stereocenters. The third kappa shape index (κ3) is 7.48. The molecule has 1 amide bonds. The Morgan fingerprint density at radius 3 is 1.98 bits per heavy atom. The first kappa shape index (κ1) is 37.2. The van der Waals surface area contributed by atoms with Gasteiger partial charge in [-0.3, -0.25) is 4.79 Å². The highest BCUT2D eigenvalue weighted by atomic mass is 16.5. The Kier molecular flexibility index (Phi) is 12.2. The number of benzene rings is 2. The summed E-state index contributed by atoms with van der Waals surface area (Å²) in [5, 5.41) is 15.6. The quantitative estimate of drug-likeness (QED) is 0.222. The van der Waals surface area contributed by atoms with Crippen LogP contribution in [-0.2, 0) is 16.6 Å². The molecular weight excluding hydrogens is 582 g/mol. The van der Waals surface area contributed by atoms with E-state index in [1.165, 1.54) is 10.6 Å². The van der Waals surface area contributed by atoms with Crippen LogP contribution in [0.25, 0.3) is 0 Å². The van der Waals surface area contributed by atoms with Crippen molar-refractivity contribution in [2.45, 2.75) is 84.2 Å². The lowest BCUT2D eigenvalue weighted by Gasteiger charge is -2.40. The van der Waals surface area contributed by atoms with Crippen LogP contribution in [0.3, 0.4) is 0 Å². The van der Waals surface area contributed by atoms with Gasteiger partial charge in [0, 0.05) is 24.1 Å². The normalized spacial score (nSPS) is 17.3.